The van der Waals surface area contributed by atoms with Crippen LogP contribution in [-0.2, 0) is 9.53 Å². The number of carbonyl (C=O) groups excluding carboxylic acids is 2. The zero-order valence-corrected chi connectivity index (χ0v) is 19.7. The summed E-state index contributed by atoms with van der Waals surface area (Å²) in [6, 6.07) is 8.94. The second kappa shape index (κ2) is 12.0. The zero-order valence-electron chi connectivity index (χ0n) is 19.7. The second-order valence-corrected chi connectivity index (χ2v) is 7.42. The van der Waals surface area contributed by atoms with Crippen LogP contribution in [0.3, 0.4) is 0 Å². The molecule has 0 aromatic heterocycles. The smallest absolute Gasteiger partial charge is 0.338 e. The third-order valence-electron chi connectivity index (χ3n) is 4.67. The van der Waals surface area contributed by atoms with Crippen LogP contribution in [0.1, 0.15) is 62.0 Å². The van der Waals surface area contributed by atoms with Gasteiger partial charge in [0.15, 0.2) is 18.1 Å². The van der Waals surface area contributed by atoms with Gasteiger partial charge in [0, 0.05) is 5.69 Å². The number of aryl methyl sites for hydroxylation is 1. The lowest BCUT2D eigenvalue weighted by atomic mass is 9.98. The van der Waals surface area contributed by atoms with E-state index < -0.39 is 18.5 Å². The molecule has 0 unspecified atom stereocenters. The Bertz CT molecular complexity index is 911. The maximum atomic E-state index is 12.7. The molecule has 1 amide bonds. The van der Waals surface area contributed by atoms with E-state index in [2.05, 4.69) is 19.2 Å². The summed E-state index contributed by atoms with van der Waals surface area (Å²) >= 11 is 0. The van der Waals surface area contributed by atoms with Gasteiger partial charge < -0.3 is 24.3 Å². The van der Waals surface area contributed by atoms with E-state index in [9.17, 15) is 9.59 Å². The van der Waals surface area contributed by atoms with Crippen LogP contribution in [0.4, 0.5) is 5.69 Å². The van der Waals surface area contributed by atoms with Crippen LogP contribution in [0.25, 0.3) is 0 Å². The minimum atomic E-state index is -0.654. The molecule has 2 aromatic rings. The first kappa shape index (κ1) is 25.0. The summed E-state index contributed by atoms with van der Waals surface area (Å²) in [6.07, 6.45) is 0. The first-order valence-electron chi connectivity index (χ1n) is 10.9. The third-order valence-corrected chi connectivity index (χ3v) is 4.67. The Morgan fingerprint density at radius 2 is 1.53 bits per heavy atom. The van der Waals surface area contributed by atoms with Crippen molar-refractivity contribution in [3.63, 3.8) is 0 Å². The standard InChI is InChI=1S/C25H33NO6/c1-7-29-20-13-18(14-21(30-8-2)24(20)31-9-3)25(28)32-15-22(27)26-23-17(6)11-10-12-19(23)16(4)5/h10-14,16H,7-9,15H2,1-6H3,(H,26,27). The van der Waals surface area contributed by atoms with E-state index in [-0.39, 0.29) is 11.5 Å². The molecule has 0 aliphatic rings. The summed E-state index contributed by atoms with van der Waals surface area (Å²) in [5.74, 6) is 0.391. The molecule has 0 spiro atoms. The predicted molar refractivity (Wildman–Crippen MR) is 124 cm³/mol. The van der Waals surface area contributed by atoms with E-state index >= 15 is 0 Å². The quantitative estimate of drug-likeness (QED) is 0.486. The lowest BCUT2D eigenvalue weighted by Crippen LogP contribution is -2.22. The molecular weight excluding hydrogens is 410 g/mol. The van der Waals surface area contributed by atoms with Crippen molar-refractivity contribution < 1.29 is 28.5 Å². The van der Waals surface area contributed by atoms with E-state index in [1.54, 1.807) is 0 Å². The molecule has 0 bridgehead atoms. The minimum Gasteiger partial charge on any atom is -0.490 e. The first-order chi connectivity index (χ1) is 15.3. The van der Waals surface area contributed by atoms with Gasteiger partial charge in [0.1, 0.15) is 0 Å². The fourth-order valence-corrected chi connectivity index (χ4v) is 3.24. The van der Waals surface area contributed by atoms with Crippen LogP contribution >= 0.6 is 0 Å². The summed E-state index contributed by atoms with van der Waals surface area (Å²) < 4.78 is 22.2. The predicted octanol–water partition coefficient (Wildman–Crippen LogP) is 5.11. The van der Waals surface area contributed by atoms with Gasteiger partial charge in [-0.05, 0) is 56.9 Å². The minimum absolute atomic E-state index is 0.215. The van der Waals surface area contributed by atoms with Crippen LogP contribution in [0.2, 0.25) is 0 Å². The second-order valence-electron chi connectivity index (χ2n) is 7.42. The molecule has 0 saturated heterocycles. The number of hydrogen-bond acceptors (Lipinski definition) is 6. The summed E-state index contributed by atoms with van der Waals surface area (Å²) in [5.41, 5.74) is 2.94. The molecule has 1 N–H and O–H groups in total. The molecule has 174 valence electrons. The fourth-order valence-electron chi connectivity index (χ4n) is 3.24. The maximum absolute atomic E-state index is 12.7. The Hall–Kier alpha value is -3.22. The number of benzene rings is 2. The highest BCUT2D eigenvalue weighted by atomic mass is 16.5. The monoisotopic (exact) mass is 443 g/mol. The van der Waals surface area contributed by atoms with Crippen molar-refractivity contribution >= 4 is 17.6 Å². The molecule has 0 radical (unpaired) electrons. The van der Waals surface area contributed by atoms with Crippen molar-refractivity contribution in [3.05, 3.63) is 47.0 Å². The van der Waals surface area contributed by atoms with Gasteiger partial charge in [-0.25, -0.2) is 4.79 Å². The van der Waals surface area contributed by atoms with E-state index in [4.69, 9.17) is 18.9 Å². The highest BCUT2D eigenvalue weighted by Gasteiger charge is 2.20. The summed E-state index contributed by atoms with van der Waals surface area (Å²) in [5, 5.41) is 2.87. The Morgan fingerprint density at radius 1 is 0.938 bits per heavy atom. The molecule has 32 heavy (non-hydrogen) atoms. The van der Waals surface area contributed by atoms with Gasteiger partial charge in [-0.1, -0.05) is 32.0 Å². The molecule has 0 fully saturated rings. The Labute approximate surface area is 190 Å². The van der Waals surface area contributed by atoms with Crippen LogP contribution in [0.15, 0.2) is 30.3 Å². The van der Waals surface area contributed by atoms with Crippen LogP contribution < -0.4 is 19.5 Å². The average Bonchev–Trinajstić information content (AvgIpc) is 2.75. The molecule has 2 aromatic carbocycles. The number of ether oxygens (including phenoxy) is 4. The lowest BCUT2D eigenvalue weighted by molar-refractivity contribution is -0.119. The topological polar surface area (TPSA) is 83.1 Å². The number of rotatable bonds is 11. The molecule has 0 atom stereocenters. The first-order valence-corrected chi connectivity index (χ1v) is 10.9. The van der Waals surface area contributed by atoms with Crippen molar-refractivity contribution in [2.45, 2.75) is 47.5 Å². The molecule has 7 nitrogen and oxygen atoms in total. The molecule has 0 aliphatic carbocycles. The molecule has 0 heterocycles. The largest absolute Gasteiger partial charge is 0.490 e. The van der Waals surface area contributed by atoms with Crippen molar-refractivity contribution in [3.8, 4) is 17.2 Å². The number of esters is 1. The normalized spacial score (nSPS) is 10.6. The van der Waals surface area contributed by atoms with E-state index in [1.165, 1.54) is 12.1 Å². The van der Waals surface area contributed by atoms with Gasteiger partial charge in [-0.3, -0.25) is 4.79 Å². The van der Waals surface area contributed by atoms with Crippen LogP contribution in [-0.4, -0.2) is 38.3 Å². The molecule has 7 heteroatoms. The number of para-hydroxylation sites is 1. The third kappa shape index (κ3) is 6.39. The number of carbonyl (C=O) groups is 2. The van der Waals surface area contributed by atoms with Gasteiger partial charge in [0.05, 0.1) is 25.4 Å². The van der Waals surface area contributed by atoms with Crippen molar-refractivity contribution in [1.82, 2.24) is 0 Å². The van der Waals surface area contributed by atoms with Crippen LogP contribution in [0, 0.1) is 6.92 Å². The van der Waals surface area contributed by atoms with Gasteiger partial charge in [0.25, 0.3) is 5.91 Å². The van der Waals surface area contributed by atoms with E-state index in [0.29, 0.717) is 37.1 Å². The number of amides is 1. The van der Waals surface area contributed by atoms with Gasteiger partial charge >= 0.3 is 5.97 Å². The maximum Gasteiger partial charge on any atom is 0.338 e. The summed E-state index contributed by atoms with van der Waals surface area (Å²) in [4.78, 5) is 25.2. The Balaban J connectivity index is 2.16. The summed E-state index contributed by atoms with van der Waals surface area (Å²) in [6.45, 7) is 12.4. The fraction of sp³-hybridized carbons (Fsp3) is 0.440. The zero-order chi connectivity index (χ0) is 23.7. The number of hydrogen-bond donors (Lipinski definition) is 1. The lowest BCUT2D eigenvalue weighted by Gasteiger charge is -2.17. The molecule has 2 rings (SSSR count). The van der Waals surface area contributed by atoms with E-state index in [0.717, 1.165) is 16.8 Å². The number of nitrogens with one attached hydrogen (secondary N) is 1. The van der Waals surface area contributed by atoms with Crippen molar-refractivity contribution in [1.29, 1.82) is 0 Å². The molecule has 0 saturated carbocycles. The summed E-state index contributed by atoms with van der Waals surface area (Å²) in [7, 11) is 0. The molecular formula is C25H33NO6. The van der Waals surface area contributed by atoms with Gasteiger partial charge in [-0.2, -0.15) is 0 Å². The van der Waals surface area contributed by atoms with Crippen molar-refractivity contribution in [2.24, 2.45) is 0 Å². The highest BCUT2D eigenvalue weighted by molar-refractivity contribution is 5.97. The highest BCUT2D eigenvalue weighted by Crippen LogP contribution is 2.39. The number of anilines is 1. The van der Waals surface area contributed by atoms with Gasteiger partial charge in [-0.15, -0.1) is 0 Å². The van der Waals surface area contributed by atoms with Gasteiger partial charge in [0.2, 0.25) is 5.75 Å². The Kier molecular flexibility index (Phi) is 9.38. The van der Waals surface area contributed by atoms with E-state index in [1.807, 2.05) is 45.9 Å². The van der Waals surface area contributed by atoms with Crippen molar-refractivity contribution in [2.75, 3.05) is 31.7 Å². The van der Waals surface area contributed by atoms with Crippen LogP contribution in [0.5, 0.6) is 17.2 Å². The molecule has 0 aliphatic heterocycles. The average molecular weight is 444 g/mol. The SMILES string of the molecule is CCOc1cc(C(=O)OCC(=O)Nc2c(C)cccc2C(C)C)cc(OCC)c1OCC. The Morgan fingerprint density at radius 3 is 2.06 bits per heavy atom.